The Balaban J connectivity index is 1.85. The molecule has 0 unspecified atom stereocenters. The molecule has 0 atom stereocenters. The van der Waals surface area contributed by atoms with Gasteiger partial charge in [0, 0.05) is 5.56 Å². The third kappa shape index (κ3) is 5.01. The molecule has 0 saturated carbocycles. The molecule has 0 amide bonds. The zero-order valence-electron chi connectivity index (χ0n) is 20.8. The summed E-state index contributed by atoms with van der Waals surface area (Å²) in [6.07, 6.45) is 2.34. The van der Waals surface area contributed by atoms with Crippen molar-refractivity contribution in [1.29, 1.82) is 0 Å². The number of hydrogen-bond acceptors (Lipinski definition) is 3. The molecule has 0 fully saturated rings. The number of aromatic nitrogens is 1. The number of nitro groups is 1. The summed E-state index contributed by atoms with van der Waals surface area (Å²) >= 11 is 0. The molecular weight excluding hydrogens is 420 g/mol. The molecular formula is C30H32N2O2. The Morgan fingerprint density at radius 3 is 2.15 bits per heavy atom. The molecule has 34 heavy (non-hydrogen) atoms. The van der Waals surface area contributed by atoms with E-state index in [-0.39, 0.29) is 21.4 Å². The molecule has 0 aliphatic rings. The Bertz CT molecular complexity index is 1360. The summed E-state index contributed by atoms with van der Waals surface area (Å²) in [6, 6.07) is 22.6. The smallest absolute Gasteiger partial charge is 0.258 e. The number of fused-ring (bicyclic) bond motifs is 1. The van der Waals surface area contributed by atoms with E-state index in [0.29, 0.717) is 5.56 Å². The summed E-state index contributed by atoms with van der Waals surface area (Å²) in [7, 11) is 0. The van der Waals surface area contributed by atoms with Crippen LogP contribution in [0.3, 0.4) is 0 Å². The van der Waals surface area contributed by atoms with Crippen molar-refractivity contribution in [3.63, 3.8) is 0 Å². The lowest BCUT2D eigenvalue weighted by Gasteiger charge is -2.22. The van der Waals surface area contributed by atoms with Gasteiger partial charge < -0.3 is 0 Å². The molecule has 0 spiro atoms. The summed E-state index contributed by atoms with van der Waals surface area (Å²) in [5.74, 6) is 0. The van der Waals surface area contributed by atoms with Gasteiger partial charge in [-0.2, -0.15) is 0 Å². The fourth-order valence-electron chi connectivity index (χ4n) is 4.48. The largest absolute Gasteiger partial charge is 0.295 e. The predicted octanol–water partition coefficient (Wildman–Crippen LogP) is 8.36. The van der Waals surface area contributed by atoms with Crippen LogP contribution in [0.25, 0.3) is 33.2 Å². The second-order valence-electron chi connectivity index (χ2n) is 11.3. The standard InChI is InChI=1S/C30H32N2O2/c1-29(2,3)18-20-11-13-21(14-12-20)25-17-27(31-19-28(25)32(33)34)23-15-22-9-7-8-10-24(22)26(16-23)30(4,5)6/h7-17,19H,18H2,1-6H3. The minimum Gasteiger partial charge on any atom is -0.258 e. The van der Waals surface area contributed by atoms with Gasteiger partial charge in [-0.25, -0.2) is 4.98 Å². The van der Waals surface area contributed by atoms with Crippen LogP contribution in [0.5, 0.6) is 0 Å². The first-order chi connectivity index (χ1) is 15.9. The summed E-state index contributed by atoms with van der Waals surface area (Å²) in [4.78, 5) is 16.0. The van der Waals surface area contributed by atoms with Crippen LogP contribution in [0.1, 0.15) is 52.7 Å². The molecule has 0 N–H and O–H groups in total. The normalized spacial score (nSPS) is 12.2. The zero-order chi connectivity index (χ0) is 24.7. The summed E-state index contributed by atoms with van der Waals surface area (Å²) in [5, 5.41) is 14.2. The lowest BCUT2D eigenvalue weighted by Crippen LogP contribution is -2.12. The van der Waals surface area contributed by atoms with Crippen molar-refractivity contribution in [2.75, 3.05) is 0 Å². The molecule has 4 nitrogen and oxygen atoms in total. The highest BCUT2D eigenvalue weighted by atomic mass is 16.6. The Labute approximate surface area is 201 Å². The highest BCUT2D eigenvalue weighted by Gasteiger charge is 2.21. The number of nitrogens with zero attached hydrogens (tertiary/aromatic N) is 2. The van der Waals surface area contributed by atoms with Gasteiger partial charge in [0.05, 0.1) is 16.2 Å². The maximum atomic E-state index is 11.8. The van der Waals surface area contributed by atoms with E-state index >= 15 is 0 Å². The van der Waals surface area contributed by atoms with Gasteiger partial charge in [0.1, 0.15) is 6.20 Å². The van der Waals surface area contributed by atoms with Gasteiger partial charge in [-0.15, -0.1) is 0 Å². The summed E-state index contributed by atoms with van der Waals surface area (Å²) in [6.45, 7) is 13.2. The third-order valence-corrected chi connectivity index (χ3v) is 6.04. The lowest BCUT2D eigenvalue weighted by molar-refractivity contribution is -0.384. The average Bonchev–Trinajstić information content (AvgIpc) is 2.76. The first-order valence-corrected chi connectivity index (χ1v) is 11.7. The van der Waals surface area contributed by atoms with Crippen LogP contribution >= 0.6 is 0 Å². The van der Waals surface area contributed by atoms with Crippen LogP contribution in [0.2, 0.25) is 0 Å². The molecule has 0 bridgehead atoms. The quantitative estimate of drug-likeness (QED) is 0.231. The van der Waals surface area contributed by atoms with E-state index in [4.69, 9.17) is 0 Å². The van der Waals surface area contributed by atoms with Crippen LogP contribution in [-0.2, 0) is 11.8 Å². The first-order valence-electron chi connectivity index (χ1n) is 11.7. The van der Waals surface area contributed by atoms with Gasteiger partial charge in [-0.3, -0.25) is 10.1 Å². The van der Waals surface area contributed by atoms with E-state index < -0.39 is 0 Å². The minimum atomic E-state index is -0.351. The highest BCUT2D eigenvalue weighted by molar-refractivity contribution is 5.91. The molecule has 1 aromatic heterocycles. The molecule has 4 rings (SSSR count). The topological polar surface area (TPSA) is 56.0 Å². The van der Waals surface area contributed by atoms with Gasteiger partial charge >= 0.3 is 0 Å². The average molecular weight is 453 g/mol. The van der Waals surface area contributed by atoms with Gasteiger partial charge in [-0.1, -0.05) is 90.1 Å². The molecule has 0 saturated heterocycles. The van der Waals surface area contributed by atoms with E-state index in [2.05, 4.69) is 89.0 Å². The number of hydrogen-bond donors (Lipinski definition) is 0. The second kappa shape index (κ2) is 8.68. The number of rotatable bonds is 4. The van der Waals surface area contributed by atoms with Crippen molar-refractivity contribution in [2.24, 2.45) is 5.41 Å². The molecule has 3 aromatic carbocycles. The van der Waals surface area contributed by atoms with Crippen LogP contribution in [0, 0.1) is 15.5 Å². The van der Waals surface area contributed by atoms with E-state index in [1.165, 1.54) is 22.7 Å². The van der Waals surface area contributed by atoms with E-state index in [0.717, 1.165) is 28.6 Å². The van der Waals surface area contributed by atoms with Crippen molar-refractivity contribution >= 4 is 16.5 Å². The molecule has 0 aliphatic heterocycles. The van der Waals surface area contributed by atoms with E-state index in [1.54, 1.807) is 0 Å². The maximum absolute atomic E-state index is 11.8. The highest BCUT2D eigenvalue weighted by Crippen LogP contribution is 2.37. The van der Waals surface area contributed by atoms with Gasteiger partial charge in [-0.05, 0) is 62.9 Å². The monoisotopic (exact) mass is 452 g/mol. The van der Waals surface area contributed by atoms with Crippen molar-refractivity contribution in [3.8, 4) is 22.4 Å². The second-order valence-corrected chi connectivity index (χ2v) is 11.3. The van der Waals surface area contributed by atoms with Crippen LogP contribution < -0.4 is 0 Å². The Kier molecular flexibility index (Phi) is 6.03. The molecule has 0 radical (unpaired) electrons. The van der Waals surface area contributed by atoms with Crippen molar-refractivity contribution < 1.29 is 4.92 Å². The SMILES string of the molecule is CC(C)(C)Cc1ccc(-c2cc(-c3cc(C(C)(C)C)c4ccccc4c3)ncc2[N+](=O)[O-])cc1. The predicted molar refractivity (Wildman–Crippen MR) is 141 cm³/mol. The lowest BCUT2D eigenvalue weighted by atomic mass is 9.82. The maximum Gasteiger partial charge on any atom is 0.295 e. The van der Waals surface area contributed by atoms with Gasteiger partial charge in [0.25, 0.3) is 5.69 Å². The van der Waals surface area contributed by atoms with Crippen LogP contribution in [0.4, 0.5) is 5.69 Å². The first kappa shape index (κ1) is 23.6. The van der Waals surface area contributed by atoms with E-state index in [1.807, 2.05) is 24.3 Å². The van der Waals surface area contributed by atoms with Crippen molar-refractivity contribution in [3.05, 3.63) is 94.2 Å². The Morgan fingerprint density at radius 2 is 1.53 bits per heavy atom. The fraction of sp³-hybridized carbons (Fsp3) is 0.300. The van der Waals surface area contributed by atoms with Gasteiger partial charge in [0.2, 0.25) is 0 Å². The Hall–Kier alpha value is -3.53. The molecule has 1 heterocycles. The van der Waals surface area contributed by atoms with Crippen molar-refractivity contribution in [1.82, 2.24) is 4.98 Å². The van der Waals surface area contributed by atoms with Crippen molar-refractivity contribution in [2.45, 2.75) is 53.4 Å². The van der Waals surface area contributed by atoms with Crippen LogP contribution in [-0.4, -0.2) is 9.91 Å². The molecule has 4 heteroatoms. The third-order valence-electron chi connectivity index (χ3n) is 6.04. The number of benzene rings is 3. The summed E-state index contributed by atoms with van der Waals surface area (Å²) < 4.78 is 0. The van der Waals surface area contributed by atoms with Crippen LogP contribution in [0.15, 0.2) is 72.9 Å². The molecule has 4 aromatic rings. The molecule has 0 aliphatic carbocycles. The van der Waals surface area contributed by atoms with E-state index in [9.17, 15) is 10.1 Å². The molecule has 174 valence electrons. The Morgan fingerprint density at radius 1 is 0.853 bits per heavy atom. The zero-order valence-corrected chi connectivity index (χ0v) is 20.8. The van der Waals surface area contributed by atoms with Gasteiger partial charge in [0.15, 0.2) is 0 Å². The minimum absolute atomic E-state index is 0.0177. The fourth-order valence-corrected chi connectivity index (χ4v) is 4.48. The summed E-state index contributed by atoms with van der Waals surface area (Å²) in [5.41, 5.74) is 5.70. The number of pyridine rings is 1.